The van der Waals surface area contributed by atoms with Crippen LogP contribution in [0.5, 0.6) is 0 Å². The van der Waals surface area contributed by atoms with Crippen LogP contribution >= 0.6 is 0 Å². The molecule has 0 amide bonds. The molecule has 0 spiro atoms. The number of fused-ring (bicyclic) bond motifs is 7. The van der Waals surface area contributed by atoms with E-state index in [9.17, 15) is 0 Å². The van der Waals surface area contributed by atoms with Crippen molar-refractivity contribution in [2.75, 3.05) is 0 Å². The minimum Gasteiger partial charge on any atom is -0.0616 e. The molecule has 0 unspecified atom stereocenters. The summed E-state index contributed by atoms with van der Waals surface area (Å²) in [6.07, 6.45) is 0. The van der Waals surface area contributed by atoms with Gasteiger partial charge in [-0.05, 0) is 159 Å². The van der Waals surface area contributed by atoms with Crippen molar-refractivity contribution >= 4 is 108 Å². The fourth-order valence-electron chi connectivity index (χ4n) is 11.3. The van der Waals surface area contributed by atoms with Crippen LogP contribution < -0.4 is 0 Å². The van der Waals surface area contributed by atoms with E-state index in [0.29, 0.717) is 0 Å². The first-order chi connectivity index (χ1) is 30.8. The van der Waals surface area contributed by atoms with Gasteiger partial charge in [0.2, 0.25) is 0 Å². The van der Waals surface area contributed by atoms with Crippen LogP contribution in [0.1, 0.15) is 0 Å². The molecule has 0 atom stereocenters. The molecule has 0 aliphatic rings. The fourth-order valence-corrected chi connectivity index (χ4v) is 11.3. The van der Waals surface area contributed by atoms with E-state index in [2.05, 4.69) is 218 Å². The highest BCUT2D eigenvalue weighted by Gasteiger charge is 2.20. The summed E-state index contributed by atoms with van der Waals surface area (Å²) in [5, 5.41) is 25.8. The predicted molar refractivity (Wildman–Crippen MR) is 269 cm³/mol. The summed E-state index contributed by atoms with van der Waals surface area (Å²) >= 11 is 0. The average Bonchev–Trinajstić information content (AvgIpc) is 3.34. The first-order valence-electron chi connectivity index (χ1n) is 21.7. The molecule has 14 aromatic rings. The highest BCUT2D eigenvalue weighted by Crippen LogP contribution is 2.48. The van der Waals surface area contributed by atoms with Gasteiger partial charge < -0.3 is 0 Å². The summed E-state index contributed by atoms with van der Waals surface area (Å²) in [6.45, 7) is 0. The highest BCUT2D eigenvalue weighted by molar-refractivity contribution is 6.37. The van der Waals surface area contributed by atoms with Gasteiger partial charge in [-0.25, -0.2) is 0 Å². The van der Waals surface area contributed by atoms with Crippen molar-refractivity contribution in [1.82, 2.24) is 0 Å². The monoisotopic (exact) mass is 780 g/mol. The van der Waals surface area contributed by atoms with Crippen LogP contribution in [0, 0.1) is 0 Å². The Balaban J connectivity index is 1.01. The molecule has 0 fully saturated rings. The van der Waals surface area contributed by atoms with Crippen molar-refractivity contribution in [3.63, 3.8) is 0 Å². The van der Waals surface area contributed by atoms with Gasteiger partial charge in [-0.2, -0.15) is 0 Å². The van der Waals surface area contributed by atoms with Gasteiger partial charge in [0.25, 0.3) is 0 Å². The van der Waals surface area contributed by atoms with Crippen LogP contribution in [0.4, 0.5) is 0 Å². The van der Waals surface area contributed by atoms with Gasteiger partial charge in [-0.3, -0.25) is 0 Å². The second kappa shape index (κ2) is 12.7. The molecule has 0 radical (unpaired) electrons. The molecule has 0 aromatic heterocycles. The molecule has 14 rings (SSSR count). The van der Waals surface area contributed by atoms with E-state index in [0.717, 1.165) is 0 Å². The lowest BCUT2D eigenvalue weighted by molar-refractivity contribution is 1.64. The molecule has 0 nitrogen and oxygen atoms in total. The lowest BCUT2D eigenvalue weighted by Crippen LogP contribution is -1.92. The maximum atomic E-state index is 2.46. The summed E-state index contributed by atoms with van der Waals surface area (Å²) in [5.74, 6) is 0. The molecule has 62 heavy (non-hydrogen) atoms. The number of hydrogen-bond donors (Lipinski definition) is 0. The summed E-state index contributed by atoms with van der Waals surface area (Å²) in [4.78, 5) is 0. The van der Waals surface area contributed by atoms with Crippen molar-refractivity contribution in [3.8, 4) is 33.4 Å². The lowest BCUT2D eigenvalue weighted by atomic mass is 9.83. The molecule has 0 saturated carbocycles. The second-order valence-electron chi connectivity index (χ2n) is 17.1. The molecule has 0 heteroatoms. The smallest absolute Gasteiger partial charge is 0.00199 e. The average molecular weight is 781 g/mol. The first kappa shape index (κ1) is 33.7. The summed E-state index contributed by atoms with van der Waals surface area (Å²) in [7, 11) is 0. The summed E-state index contributed by atoms with van der Waals surface area (Å²) in [6, 6.07) is 82.0. The van der Waals surface area contributed by atoms with Gasteiger partial charge in [-0.15, -0.1) is 0 Å². The molecular weight excluding hydrogens is 745 g/mol. The van der Waals surface area contributed by atoms with Crippen molar-refractivity contribution in [1.29, 1.82) is 0 Å². The third kappa shape index (κ3) is 4.67. The van der Waals surface area contributed by atoms with E-state index in [-0.39, 0.29) is 0 Å². The minimum atomic E-state index is 1.21. The van der Waals surface area contributed by atoms with Crippen molar-refractivity contribution < 1.29 is 0 Å². The highest BCUT2D eigenvalue weighted by atomic mass is 14.2. The Labute approximate surface area is 357 Å². The SMILES string of the molecule is c1ccc2c(c1)cc(-c1c3ccccc3c(-c3ccc(-c4cc5ccc6cccc7c8cccc9ccc%10cccc(c(c4)c5c67)c%10c98)cc3)c3ccccc13)c1ccccc12. The maximum absolute atomic E-state index is 2.46. The van der Waals surface area contributed by atoms with Gasteiger partial charge >= 0.3 is 0 Å². The minimum absolute atomic E-state index is 1.21. The van der Waals surface area contributed by atoms with E-state index >= 15 is 0 Å². The molecule has 0 heterocycles. The van der Waals surface area contributed by atoms with Gasteiger partial charge in [0, 0.05) is 0 Å². The van der Waals surface area contributed by atoms with Crippen LogP contribution in [-0.4, -0.2) is 0 Å². The normalized spacial score (nSPS) is 12.2. The van der Waals surface area contributed by atoms with Crippen LogP contribution in [0.3, 0.4) is 0 Å². The fraction of sp³-hybridized carbons (Fsp3) is 0. The van der Waals surface area contributed by atoms with Gasteiger partial charge in [0.15, 0.2) is 0 Å². The zero-order valence-corrected chi connectivity index (χ0v) is 33.8. The van der Waals surface area contributed by atoms with Crippen molar-refractivity contribution in [2.24, 2.45) is 0 Å². The lowest BCUT2D eigenvalue weighted by Gasteiger charge is -2.20. The number of benzene rings is 13. The van der Waals surface area contributed by atoms with E-state index in [1.165, 1.54) is 141 Å². The van der Waals surface area contributed by atoms with E-state index in [1.807, 2.05) is 0 Å². The second-order valence-corrected chi connectivity index (χ2v) is 17.1. The molecular formula is C62H36. The number of rotatable bonds is 3. The Kier molecular flexibility index (Phi) is 6.92. The quantitative estimate of drug-likeness (QED) is 0.124. The van der Waals surface area contributed by atoms with Gasteiger partial charge in [0.1, 0.15) is 0 Å². The Bertz CT molecular complexity index is 4130. The molecule has 0 bridgehead atoms. The van der Waals surface area contributed by atoms with Gasteiger partial charge in [0.05, 0.1) is 0 Å². The molecule has 0 N–H and O–H groups in total. The van der Waals surface area contributed by atoms with Crippen molar-refractivity contribution in [2.45, 2.75) is 0 Å². The largest absolute Gasteiger partial charge is 0.0616 e. The molecule has 14 aromatic carbocycles. The van der Waals surface area contributed by atoms with E-state index in [1.54, 1.807) is 0 Å². The molecule has 0 aliphatic carbocycles. The third-order valence-electron chi connectivity index (χ3n) is 13.9. The number of hydrogen-bond acceptors (Lipinski definition) is 0. The molecule has 0 aliphatic heterocycles. The van der Waals surface area contributed by atoms with Crippen LogP contribution in [0.2, 0.25) is 0 Å². The van der Waals surface area contributed by atoms with Crippen LogP contribution in [0.25, 0.3) is 141 Å². The maximum Gasteiger partial charge on any atom is -0.00199 e. The Morgan fingerprint density at radius 1 is 0.177 bits per heavy atom. The first-order valence-corrected chi connectivity index (χ1v) is 21.7. The zero-order valence-electron chi connectivity index (χ0n) is 33.8. The summed E-state index contributed by atoms with van der Waals surface area (Å²) < 4.78 is 0. The predicted octanol–water partition coefficient (Wildman–Crippen LogP) is 17.7. The molecule has 0 saturated heterocycles. The third-order valence-corrected chi connectivity index (χ3v) is 13.9. The topological polar surface area (TPSA) is 0 Å². The van der Waals surface area contributed by atoms with E-state index < -0.39 is 0 Å². The van der Waals surface area contributed by atoms with Gasteiger partial charge in [-0.1, -0.05) is 200 Å². The Hall–Kier alpha value is -8.06. The summed E-state index contributed by atoms with van der Waals surface area (Å²) in [5.41, 5.74) is 7.49. The Morgan fingerprint density at radius 3 is 1.16 bits per heavy atom. The van der Waals surface area contributed by atoms with Crippen LogP contribution in [0.15, 0.2) is 218 Å². The van der Waals surface area contributed by atoms with E-state index in [4.69, 9.17) is 0 Å². The standard InChI is InChI=1S/C62H36/c1-2-16-45-42(12-1)35-55(47-18-4-3-17-46(45)47)62-52-21-7-5-19-48(52)57(49-20-6-8-22-53(49)62)41-28-26-37(27-29-41)44-34-43-33-32-40-14-10-24-51-50-23-9-13-38-30-31-39-15-11-25-54(60(39)58(38)50)56(36-44)61(43)59(40)51/h1-36H. The zero-order chi connectivity index (χ0) is 40.5. The van der Waals surface area contributed by atoms with Crippen molar-refractivity contribution in [3.05, 3.63) is 218 Å². The Morgan fingerprint density at radius 2 is 0.581 bits per heavy atom. The van der Waals surface area contributed by atoms with Crippen LogP contribution in [-0.2, 0) is 0 Å². The molecule has 284 valence electrons.